The molecule has 0 aliphatic carbocycles. The fraction of sp³-hybridized carbons (Fsp3) is 0.0625. The van der Waals surface area contributed by atoms with E-state index in [0.29, 0.717) is 10.6 Å². The molecule has 0 bridgehead atoms. The second kappa shape index (κ2) is 5.02. The summed E-state index contributed by atoms with van der Waals surface area (Å²) in [6, 6.07) is 14.7. The molecule has 0 radical (unpaired) electrons. The number of hydrogen-bond donors (Lipinski definition) is 1. The highest BCUT2D eigenvalue weighted by atomic mass is 35.5. The molecule has 3 rings (SSSR count). The van der Waals surface area contributed by atoms with E-state index in [2.05, 4.69) is 5.32 Å². The minimum Gasteiger partial charge on any atom is -0.351 e. The molecule has 100 valence electrons. The zero-order valence-corrected chi connectivity index (χ0v) is 11.7. The van der Waals surface area contributed by atoms with Crippen LogP contribution in [0.25, 0.3) is 10.9 Å². The van der Waals surface area contributed by atoms with Gasteiger partial charge in [-0.3, -0.25) is 4.79 Å². The maximum atomic E-state index is 12.2. The van der Waals surface area contributed by atoms with Crippen molar-refractivity contribution in [3.8, 4) is 0 Å². The van der Waals surface area contributed by atoms with Gasteiger partial charge in [-0.05, 0) is 47.9 Å². The number of nitrogens with one attached hydrogen (secondary N) is 1. The lowest BCUT2D eigenvalue weighted by molar-refractivity contribution is 0.102. The highest BCUT2D eigenvalue weighted by molar-refractivity contribution is 6.30. The fourth-order valence-electron chi connectivity index (χ4n) is 2.14. The summed E-state index contributed by atoms with van der Waals surface area (Å²) >= 11 is 5.82. The van der Waals surface area contributed by atoms with Crippen LogP contribution in [0.5, 0.6) is 0 Å². The first kappa shape index (κ1) is 12.8. The number of hydrogen-bond acceptors (Lipinski definition) is 1. The number of aryl methyl sites for hydroxylation is 1. The van der Waals surface area contributed by atoms with Gasteiger partial charge in [0, 0.05) is 35.0 Å². The monoisotopic (exact) mass is 284 g/mol. The number of anilines is 1. The van der Waals surface area contributed by atoms with Crippen molar-refractivity contribution < 1.29 is 4.79 Å². The molecule has 1 heterocycles. The second-order valence-corrected chi connectivity index (χ2v) is 5.10. The van der Waals surface area contributed by atoms with Gasteiger partial charge in [0.1, 0.15) is 0 Å². The Kier molecular flexibility index (Phi) is 3.20. The first-order chi connectivity index (χ1) is 9.63. The van der Waals surface area contributed by atoms with Crippen LogP contribution >= 0.6 is 11.6 Å². The van der Waals surface area contributed by atoms with E-state index in [9.17, 15) is 4.79 Å². The van der Waals surface area contributed by atoms with Gasteiger partial charge in [-0.25, -0.2) is 0 Å². The zero-order valence-electron chi connectivity index (χ0n) is 10.9. The van der Waals surface area contributed by atoms with E-state index >= 15 is 0 Å². The molecule has 20 heavy (non-hydrogen) atoms. The van der Waals surface area contributed by atoms with Crippen molar-refractivity contribution in [3.05, 3.63) is 65.3 Å². The van der Waals surface area contributed by atoms with Crippen LogP contribution in [-0.2, 0) is 7.05 Å². The molecule has 0 atom stereocenters. The van der Waals surface area contributed by atoms with Crippen LogP contribution in [0.15, 0.2) is 54.7 Å². The van der Waals surface area contributed by atoms with Crippen molar-refractivity contribution in [3.63, 3.8) is 0 Å². The Hall–Kier alpha value is -2.26. The third kappa shape index (κ3) is 2.40. The third-order valence-corrected chi connectivity index (χ3v) is 3.50. The molecular formula is C16H13ClN2O. The van der Waals surface area contributed by atoms with Crippen LogP contribution in [0.3, 0.4) is 0 Å². The molecule has 3 nitrogen and oxygen atoms in total. The molecule has 0 aliphatic rings. The summed E-state index contributed by atoms with van der Waals surface area (Å²) in [6.45, 7) is 0. The van der Waals surface area contributed by atoms with E-state index < -0.39 is 0 Å². The van der Waals surface area contributed by atoms with Gasteiger partial charge in [0.15, 0.2) is 0 Å². The first-order valence-corrected chi connectivity index (χ1v) is 6.63. The number of benzene rings is 2. The van der Waals surface area contributed by atoms with Gasteiger partial charge in [0.2, 0.25) is 0 Å². The average molecular weight is 285 g/mol. The van der Waals surface area contributed by atoms with Gasteiger partial charge >= 0.3 is 0 Å². The smallest absolute Gasteiger partial charge is 0.255 e. The molecule has 0 fully saturated rings. The summed E-state index contributed by atoms with van der Waals surface area (Å²) in [5.41, 5.74) is 2.40. The van der Waals surface area contributed by atoms with Gasteiger partial charge in [-0.15, -0.1) is 0 Å². The molecule has 1 N–H and O–H groups in total. The van der Waals surface area contributed by atoms with Crippen molar-refractivity contribution >= 4 is 34.1 Å². The van der Waals surface area contributed by atoms with Crippen molar-refractivity contribution in [1.29, 1.82) is 0 Å². The van der Waals surface area contributed by atoms with Crippen LogP contribution in [-0.4, -0.2) is 10.5 Å². The largest absolute Gasteiger partial charge is 0.351 e. The van der Waals surface area contributed by atoms with Crippen molar-refractivity contribution in [1.82, 2.24) is 4.57 Å². The van der Waals surface area contributed by atoms with Gasteiger partial charge in [-0.2, -0.15) is 0 Å². The maximum Gasteiger partial charge on any atom is 0.255 e. The average Bonchev–Trinajstić information content (AvgIpc) is 2.82. The molecule has 0 unspecified atom stereocenters. The molecular weight excluding hydrogens is 272 g/mol. The van der Waals surface area contributed by atoms with Gasteiger partial charge in [0.05, 0.1) is 0 Å². The standard InChI is InChI=1S/C16H13ClN2O/c1-19-9-8-11-2-3-12(10-15(11)19)16(20)18-14-6-4-13(17)5-7-14/h2-10H,1H3,(H,18,20). The highest BCUT2D eigenvalue weighted by Crippen LogP contribution is 2.18. The topological polar surface area (TPSA) is 34.0 Å². The Bertz CT molecular complexity index is 775. The molecule has 1 aromatic heterocycles. The number of amides is 1. The van der Waals surface area contributed by atoms with E-state index in [1.807, 2.05) is 42.1 Å². The quantitative estimate of drug-likeness (QED) is 0.756. The van der Waals surface area contributed by atoms with Crippen LogP contribution < -0.4 is 5.32 Å². The lowest BCUT2D eigenvalue weighted by Gasteiger charge is -2.06. The summed E-state index contributed by atoms with van der Waals surface area (Å²) in [6.07, 6.45) is 1.98. The molecule has 0 aliphatic heterocycles. The first-order valence-electron chi connectivity index (χ1n) is 6.25. The molecule has 3 aromatic rings. The van der Waals surface area contributed by atoms with E-state index in [4.69, 9.17) is 11.6 Å². The number of nitrogens with zero attached hydrogens (tertiary/aromatic N) is 1. The fourth-order valence-corrected chi connectivity index (χ4v) is 2.27. The van der Waals surface area contributed by atoms with Gasteiger partial charge < -0.3 is 9.88 Å². The van der Waals surface area contributed by atoms with Crippen LogP contribution in [0.4, 0.5) is 5.69 Å². The number of carbonyl (C=O) groups is 1. The van der Waals surface area contributed by atoms with Crippen molar-refractivity contribution in [2.45, 2.75) is 0 Å². The van der Waals surface area contributed by atoms with Crippen LogP contribution in [0, 0.1) is 0 Å². The van der Waals surface area contributed by atoms with Crippen LogP contribution in [0.1, 0.15) is 10.4 Å². The molecule has 1 amide bonds. The van der Waals surface area contributed by atoms with E-state index in [1.54, 1.807) is 24.3 Å². The van der Waals surface area contributed by atoms with Gasteiger partial charge in [0.25, 0.3) is 5.91 Å². The summed E-state index contributed by atoms with van der Waals surface area (Å²) < 4.78 is 1.99. The predicted molar refractivity (Wildman–Crippen MR) is 82.3 cm³/mol. The number of carbonyl (C=O) groups excluding carboxylic acids is 1. The van der Waals surface area contributed by atoms with E-state index in [-0.39, 0.29) is 5.91 Å². The summed E-state index contributed by atoms with van der Waals surface area (Å²) in [5, 5.41) is 4.62. The Morgan fingerprint density at radius 1 is 1.10 bits per heavy atom. The normalized spacial score (nSPS) is 10.7. The number of rotatable bonds is 2. The molecule has 0 saturated heterocycles. The molecule has 0 spiro atoms. The minimum atomic E-state index is -0.129. The van der Waals surface area contributed by atoms with Crippen molar-refractivity contribution in [2.24, 2.45) is 7.05 Å². The van der Waals surface area contributed by atoms with E-state index in [1.165, 1.54) is 0 Å². The SMILES string of the molecule is Cn1ccc2ccc(C(=O)Nc3ccc(Cl)cc3)cc21. The lowest BCUT2D eigenvalue weighted by Crippen LogP contribution is -2.11. The number of halogens is 1. The second-order valence-electron chi connectivity index (χ2n) is 4.66. The molecule has 4 heteroatoms. The third-order valence-electron chi connectivity index (χ3n) is 3.25. The predicted octanol–water partition coefficient (Wildman–Crippen LogP) is 4.08. The van der Waals surface area contributed by atoms with Crippen molar-refractivity contribution in [2.75, 3.05) is 5.32 Å². The minimum absolute atomic E-state index is 0.129. The Balaban J connectivity index is 1.88. The summed E-state index contributed by atoms with van der Waals surface area (Å²) in [5.74, 6) is -0.129. The molecule has 2 aromatic carbocycles. The summed E-state index contributed by atoms with van der Waals surface area (Å²) in [7, 11) is 1.96. The zero-order chi connectivity index (χ0) is 14.1. The Morgan fingerprint density at radius 2 is 1.85 bits per heavy atom. The van der Waals surface area contributed by atoms with Gasteiger partial charge in [-0.1, -0.05) is 17.7 Å². The maximum absolute atomic E-state index is 12.2. The lowest BCUT2D eigenvalue weighted by atomic mass is 10.1. The highest BCUT2D eigenvalue weighted by Gasteiger charge is 2.08. The van der Waals surface area contributed by atoms with Crippen LogP contribution in [0.2, 0.25) is 5.02 Å². The number of aromatic nitrogens is 1. The number of fused-ring (bicyclic) bond motifs is 1. The molecule has 0 saturated carbocycles. The Morgan fingerprint density at radius 3 is 2.60 bits per heavy atom. The van der Waals surface area contributed by atoms with E-state index in [0.717, 1.165) is 16.6 Å². The Labute approximate surface area is 121 Å². The summed E-state index contributed by atoms with van der Waals surface area (Å²) in [4.78, 5) is 12.2.